The van der Waals surface area contributed by atoms with Crippen molar-refractivity contribution in [3.05, 3.63) is 20.8 Å². The molecule has 2 rings (SSSR count). The molecule has 2 nitrogen and oxygen atoms in total. The lowest BCUT2D eigenvalue weighted by molar-refractivity contribution is 0.226. The van der Waals surface area contributed by atoms with E-state index in [0.29, 0.717) is 5.41 Å². The van der Waals surface area contributed by atoms with Gasteiger partial charge in [0.1, 0.15) is 0 Å². The molecule has 1 aliphatic heterocycles. The van der Waals surface area contributed by atoms with Gasteiger partial charge in [0.2, 0.25) is 0 Å². The summed E-state index contributed by atoms with van der Waals surface area (Å²) in [5.41, 5.74) is 0.437. The number of hydrogen-bond donors (Lipinski definition) is 2. The van der Waals surface area contributed by atoms with Gasteiger partial charge in [-0.3, -0.25) is 0 Å². The zero-order valence-corrected chi connectivity index (χ0v) is 12.1. The van der Waals surface area contributed by atoms with Crippen molar-refractivity contribution in [3.63, 3.8) is 0 Å². The van der Waals surface area contributed by atoms with Crippen molar-refractivity contribution >= 4 is 27.3 Å². The molecular formula is C12H19BrN2S. The topological polar surface area (TPSA) is 24.1 Å². The second kappa shape index (κ2) is 5.63. The molecule has 16 heavy (non-hydrogen) atoms. The molecule has 1 fully saturated rings. The van der Waals surface area contributed by atoms with E-state index >= 15 is 0 Å². The maximum Gasteiger partial charge on any atom is 0.0300 e. The maximum absolute atomic E-state index is 3.57. The van der Waals surface area contributed by atoms with Crippen molar-refractivity contribution < 1.29 is 0 Å². The minimum absolute atomic E-state index is 0.437. The molecule has 1 unspecified atom stereocenters. The van der Waals surface area contributed by atoms with Gasteiger partial charge in [-0.05, 0) is 46.8 Å². The van der Waals surface area contributed by atoms with E-state index in [1.54, 1.807) is 0 Å². The summed E-state index contributed by atoms with van der Waals surface area (Å²) in [7, 11) is 0. The Morgan fingerprint density at radius 3 is 3.12 bits per heavy atom. The standard InChI is InChI=1S/C12H19BrN2S/c1-12(3-2-4-14-8-12)9-15-6-11-5-10(13)7-16-11/h5,7,14-15H,2-4,6,8-9H2,1H3. The van der Waals surface area contributed by atoms with Gasteiger partial charge in [-0.15, -0.1) is 11.3 Å². The molecule has 4 heteroatoms. The van der Waals surface area contributed by atoms with Crippen molar-refractivity contribution in [3.8, 4) is 0 Å². The Balaban J connectivity index is 1.74. The molecule has 0 radical (unpaired) electrons. The summed E-state index contributed by atoms with van der Waals surface area (Å²) in [6.45, 7) is 6.81. The molecule has 0 amide bonds. The van der Waals surface area contributed by atoms with E-state index in [4.69, 9.17) is 0 Å². The Morgan fingerprint density at radius 2 is 2.50 bits per heavy atom. The van der Waals surface area contributed by atoms with Gasteiger partial charge in [0.15, 0.2) is 0 Å². The Kier molecular flexibility index (Phi) is 4.41. The number of thiophene rings is 1. The van der Waals surface area contributed by atoms with Crippen molar-refractivity contribution in [2.45, 2.75) is 26.3 Å². The number of halogens is 1. The van der Waals surface area contributed by atoms with Crippen LogP contribution in [0.2, 0.25) is 0 Å². The molecule has 1 aromatic heterocycles. The fourth-order valence-corrected chi connectivity index (χ4v) is 3.62. The Bertz CT molecular complexity index is 332. The predicted octanol–water partition coefficient (Wildman–Crippen LogP) is 2.99. The molecule has 2 N–H and O–H groups in total. The van der Waals surface area contributed by atoms with Crippen LogP contribution in [-0.2, 0) is 6.54 Å². The lowest BCUT2D eigenvalue weighted by Crippen LogP contribution is -2.44. The second-order valence-electron chi connectivity index (χ2n) is 4.93. The van der Waals surface area contributed by atoms with E-state index in [1.165, 1.54) is 28.7 Å². The number of hydrogen-bond acceptors (Lipinski definition) is 3. The fourth-order valence-electron chi connectivity index (χ4n) is 2.20. The molecule has 1 atom stereocenters. The maximum atomic E-state index is 3.57. The van der Waals surface area contributed by atoms with Crippen molar-refractivity contribution in [2.75, 3.05) is 19.6 Å². The molecule has 1 aliphatic rings. The molecule has 0 spiro atoms. The lowest BCUT2D eigenvalue weighted by atomic mass is 9.83. The van der Waals surface area contributed by atoms with Gasteiger partial charge in [-0.1, -0.05) is 6.92 Å². The molecule has 0 bridgehead atoms. The van der Waals surface area contributed by atoms with Crippen molar-refractivity contribution in [2.24, 2.45) is 5.41 Å². The summed E-state index contributed by atoms with van der Waals surface area (Å²) in [6.07, 6.45) is 2.64. The first-order valence-corrected chi connectivity index (χ1v) is 7.50. The summed E-state index contributed by atoms with van der Waals surface area (Å²) < 4.78 is 1.19. The Labute approximate surface area is 110 Å². The number of rotatable bonds is 4. The second-order valence-corrected chi connectivity index (χ2v) is 6.84. The largest absolute Gasteiger partial charge is 0.316 e. The predicted molar refractivity (Wildman–Crippen MR) is 73.9 cm³/mol. The van der Waals surface area contributed by atoms with Gasteiger partial charge in [-0.2, -0.15) is 0 Å². The molecule has 0 aliphatic carbocycles. The van der Waals surface area contributed by atoms with Gasteiger partial charge in [0, 0.05) is 34.4 Å². The minimum Gasteiger partial charge on any atom is -0.316 e. The van der Waals surface area contributed by atoms with Crippen LogP contribution in [0.15, 0.2) is 15.9 Å². The monoisotopic (exact) mass is 302 g/mol. The quantitative estimate of drug-likeness (QED) is 0.893. The molecule has 0 saturated carbocycles. The van der Waals surface area contributed by atoms with E-state index in [1.807, 2.05) is 11.3 Å². The number of piperidine rings is 1. The van der Waals surface area contributed by atoms with E-state index in [0.717, 1.165) is 19.6 Å². The van der Waals surface area contributed by atoms with Crippen LogP contribution in [0, 0.1) is 5.41 Å². The molecule has 90 valence electrons. The third kappa shape index (κ3) is 3.55. The summed E-state index contributed by atoms with van der Waals surface area (Å²) in [5, 5.41) is 9.20. The van der Waals surface area contributed by atoms with Crippen molar-refractivity contribution in [1.29, 1.82) is 0 Å². The van der Waals surface area contributed by atoms with Crippen LogP contribution in [0.1, 0.15) is 24.6 Å². The van der Waals surface area contributed by atoms with Crippen LogP contribution in [-0.4, -0.2) is 19.6 Å². The minimum atomic E-state index is 0.437. The van der Waals surface area contributed by atoms with E-state index in [2.05, 4.69) is 44.9 Å². The normalized spacial score (nSPS) is 25.9. The average Bonchev–Trinajstić information content (AvgIpc) is 2.65. The van der Waals surface area contributed by atoms with Crippen LogP contribution < -0.4 is 10.6 Å². The van der Waals surface area contributed by atoms with Gasteiger partial charge in [0.25, 0.3) is 0 Å². The van der Waals surface area contributed by atoms with Crippen molar-refractivity contribution in [1.82, 2.24) is 10.6 Å². The van der Waals surface area contributed by atoms with Gasteiger partial charge in [0.05, 0.1) is 0 Å². The third-order valence-corrected chi connectivity index (χ3v) is 4.86. The first kappa shape index (κ1) is 12.6. The van der Waals surface area contributed by atoms with Gasteiger partial charge in [-0.25, -0.2) is 0 Å². The van der Waals surface area contributed by atoms with Crippen LogP contribution in [0.25, 0.3) is 0 Å². The molecule has 2 heterocycles. The van der Waals surface area contributed by atoms with Gasteiger partial charge < -0.3 is 10.6 Å². The third-order valence-electron chi connectivity index (χ3n) is 3.16. The van der Waals surface area contributed by atoms with Crippen LogP contribution in [0.5, 0.6) is 0 Å². The fraction of sp³-hybridized carbons (Fsp3) is 0.667. The first-order valence-electron chi connectivity index (χ1n) is 5.82. The lowest BCUT2D eigenvalue weighted by Gasteiger charge is -2.34. The summed E-state index contributed by atoms with van der Waals surface area (Å²) in [5.74, 6) is 0. The average molecular weight is 303 g/mol. The smallest absolute Gasteiger partial charge is 0.0300 e. The molecule has 1 saturated heterocycles. The van der Waals surface area contributed by atoms with Crippen LogP contribution in [0.4, 0.5) is 0 Å². The van der Waals surface area contributed by atoms with E-state index in [9.17, 15) is 0 Å². The molecule has 1 aromatic rings. The Hall–Kier alpha value is 0.1000. The summed E-state index contributed by atoms with van der Waals surface area (Å²) in [6, 6.07) is 2.19. The highest BCUT2D eigenvalue weighted by Gasteiger charge is 2.25. The molecule has 0 aromatic carbocycles. The highest BCUT2D eigenvalue weighted by atomic mass is 79.9. The summed E-state index contributed by atoms with van der Waals surface area (Å²) >= 11 is 5.29. The first-order chi connectivity index (χ1) is 7.68. The highest BCUT2D eigenvalue weighted by molar-refractivity contribution is 9.10. The van der Waals surface area contributed by atoms with E-state index < -0.39 is 0 Å². The molecular weight excluding hydrogens is 284 g/mol. The SMILES string of the molecule is CC1(CNCc2cc(Br)cs2)CCCNC1. The zero-order valence-electron chi connectivity index (χ0n) is 9.68. The van der Waals surface area contributed by atoms with E-state index in [-0.39, 0.29) is 0 Å². The van der Waals surface area contributed by atoms with Crippen LogP contribution >= 0.6 is 27.3 Å². The Morgan fingerprint density at radius 1 is 1.62 bits per heavy atom. The van der Waals surface area contributed by atoms with Crippen LogP contribution in [0.3, 0.4) is 0 Å². The zero-order chi connectivity index (χ0) is 11.4. The van der Waals surface area contributed by atoms with Gasteiger partial charge >= 0.3 is 0 Å². The summed E-state index contributed by atoms with van der Waals surface area (Å²) in [4.78, 5) is 1.40. The number of nitrogens with one attached hydrogen (secondary N) is 2. The highest BCUT2D eigenvalue weighted by Crippen LogP contribution is 2.25.